The second kappa shape index (κ2) is 38.5. The molecule has 117 heavy (non-hydrogen) atoms. The van der Waals surface area contributed by atoms with E-state index in [0.29, 0.717) is 0 Å². The van der Waals surface area contributed by atoms with E-state index in [0.717, 1.165) is 85.3 Å². The molecule has 9 heterocycles. The number of aromatic nitrogens is 6. The van der Waals surface area contributed by atoms with E-state index in [9.17, 15) is 0 Å². The first-order chi connectivity index (χ1) is 55.4. The van der Waals surface area contributed by atoms with Gasteiger partial charge >= 0.3 is 0 Å². The second-order valence-electron chi connectivity index (χ2n) is 32.7. The van der Waals surface area contributed by atoms with E-state index in [1.807, 2.05) is 180 Å². The maximum absolute atomic E-state index is 4.52. The molecule has 0 saturated heterocycles. The van der Waals surface area contributed by atoms with Gasteiger partial charge in [0.2, 0.25) is 0 Å². The number of fused-ring (bicyclic) bond motifs is 9. The Morgan fingerprint density at radius 1 is 0.265 bits per heavy atom. The Bertz CT molecular complexity index is 6060. The largest absolute Gasteiger partial charge is 0.305 e. The van der Waals surface area contributed by atoms with Crippen molar-refractivity contribution in [2.45, 2.75) is 115 Å². The molecule has 6 nitrogen and oxygen atoms in total. The summed E-state index contributed by atoms with van der Waals surface area (Å²) < 4.78 is 8.03. The fraction of sp³-hybridized carbons (Fsp3) is 0.176. The summed E-state index contributed by atoms with van der Waals surface area (Å²) in [6.07, 6.45) is 19.3. The molecular formula is C102H90Ir3N6S3Si3-6. The summed E-state index contributed by atoms with van der Waals surface area (Å²) in [6, 6.07) is 108. The summed E-state index contributed by atoms with van der Waals surface area (Å²) in [5.41, 5.74) is 17.0. The van der Waals surface area contributed by atoms with Crippen molar-refractivity contribution in [1.82, 2.24) is 29.9 Å². The van der Waals surface area contributed by atoms with E-state index in [4.69, 9.17) is 0 Å². The van der Waals surface area contributed by atoms with E-state index in [-0.39, 0.29) is 60.3 Å². The monoisotopic (exact) mass is 2160 g/mol. The summed E-state index contributed by atoms with van der Waals surface area (Å²) in [6.45, 7) is 21.6. The average molecular weight is 2160 g/mol. The molecule has 15 heteroatoms. The summed E-state index contributed by atoms with van der Waals surface area (Å²) in [5, 5.41) is 12.6. The SMILES string of the molecule is C[Si](C)(C)c1ccc2c(c1)sc1c(-c3ccccn3)[c-]ccc12.C[Si](C)(C)c1ccc2sc3c(-c4ccccn4)[c-]ccc3c2c1.C[Si](C)(C)c1cccc2c1sc1c(-c3ccccn3)[c-]ccc12.[Ir].[Ir].[Ir].[c-]1ccccc1-c1cc(C2CC2)ccn1.[c-]1ccccc1-c1cc(C2CC2)ccn1.[c-]1ccccc1-c1cc(C2CC2)ccn1. The molecule has 3 aliphatic carbocycles. The molecule has 0 unspecified atom stereocenters. The number of nitrogens with zero attached hydrogens (tertiary/aromatic N) is 6. The van der Waals surface area contributed by atoms with E-state index >= 15 is 0 Å². The maximum Gasteiger partial charge on any atom is 0.0794 e. The third-order valence-electron chi connectivity index (χ3n) is 21.1. The van der Waals surface area contributed by atoms with Gasteiger partial charge in [-0.3, -0.25) is 0 Å². The predicted octanol–water partition coefficient (Wildman–Crippen LogP) is 26.7. The van der Waals surface area contributed by atoms with E-state index in [2.05, 4.69) is 271 Å². The number of pyridine rings is 6. The van der Waals surface area contributed by atoms with Crippen LogP contribution in [0, 0.1) is 36.4 Å². The van der Waals surface area contributed by atoms with Crippen LogP contribution < -0.4 is 15.6 Å². The van der Waals surface area contributed by atoms with Gasteiger partial charge in [0, 0.05) is 112 Å². The molecule has 3 fully saturated rings. The zero-order chi connectivity index (χ0) is 78.3. The first-order valence-electron chi connectivity index (χ1n) is 39.6. The fourth-order valence-corrected chi connectivity index (χ4v) is 22.9. The van der Waals surface area contributed by atoms with Gasteiger partial charge in [0.25, 0.3) is 0 Å². The third kappa shape index (κ3) is 20.9. The van der Waals surface area contributed by atoms with Crippen LogP contribution in [0.1, 0.15) is 73.0 Å². The van der Waals surface area contributed by atoms with Crippen LogP contribution in [0.2, 0.25) is 58.9 Å². The molecule has 9 aromatic carbocycles. The Morgan fingerprint density at radius 2 is 0.632 bits per heavy atom. The quantitative estimate of drug-likeness (QED) is 0.0896. The summed E-state index contributed by atoms with van der Waals surface area (Å²) in [5.74, 6) is 2.36. The topological polar surface area (TPSA) is 77.3 Å². The first-order valence-corrected chi connectivity index (χ1v) is 52.5. The van der Waals surface area contributed by atoms with Crippen molar-refractivity contribution in [2.75, 3.05) is 0 Å². The Hall–Kier alpha value is -8.86. The first kappa shape index (κ1) is 86.0. The van der Waals surface area contributed by atoms with Crippen molar-refractivity contribution in [3.05, 3.63) is 345 Å². The predicted molar refractivity (Wildman–Crippen MR) is 495 cm³/mol. The molecule has 3 aliphatic rings. The number of thiophene rings is 3. The van der Waals surface area contributed by atoms with Crippen LogP contribution in [0.25, 0.3) is 128 Å². The minimum Gasteiger partial charge on any atom is -0.305 e. The summed E-state index contributed by atoms with van der Waals surface area (Å²) in [4.78, 5) is 26.7. The molecule has 0 bridgehead atoms. The summed E-state index contributed by atoms with van der Waals surface area (Å²) in [7, 11) is -3.97. The summed E-state index contributed by atoms with van der Waals surface area (Å²) >= 11 is 5.61. The minimum atomic E-state index is -1.37. The Morgan fingerprint density at radius 3 is 1.02 bits per heavy atom. The fourth-order valence-electron chi connectivity index (χ4n) is 14.3. The molecule has 21 rings (SSSR count). The standard InChI is InChI=1S/3C20H18NSSi.3C14H12N.3Ir/c1-23(2,3)18-12-7-9-15-14-8-6-10-16(19(14)22-20(15)18)17-11-4-5-13-21-17;1-23(2,3)14-10-11-15-16-7-6-8-17(18-9-4-5-12-21-18)20(16)22-19(15)13-14;1-23(2,3)14-10-11-19-17(13-14)15-7-6-8-16(20(15)22-19)18-9-4-5-12-21-18;3*1-2-4-12(5-3-1)14-10-13(8-9-15-14)11-6-7-11;;;/h4-9,11-13H,1-3H3;2*4-7,9-13H,1-3H3;3*1-4,8-11H,6-7H2;;;/q6*-1;;;. The van der Waals surface area contributed by atoms with Gasteiger partial charge in [-0.25, -0.2) is 0 Å². The molecule has 591 valence electrons. The smallest absolute Gasteiger partial charge is 0.0794 e. The van der Waals surface area contributed by atoms with Crippen LogP contribution in [-0.4, -0.2) is 54.1 Å². The zero-order valence-electron chi connectivity index (χ0n) is 67.1. The van der Waals surface area contributed by atoms with Crippen LogP contribution >= 0.6 is 34.0 Å². The third-order valence-corrected chi connectivity index (χ3v) is 31.0. The van der Waals surface area contributed by atoms with E-state index in [1.54, 1.807) is 5.19 Å². The Kier molecular flexibility index (Phi) is 28.3. The van der Waals surface area contributed by atoms with Crippen molar-refractivity contribution in [2.24, 2.45) is 0 Å². The van der Waals surface area contributed by atoms with Crippen molar-refractivity contribution in [3.8, 4) is 67.5 Å². The molecule has 0 atom stereocenters. The van der Waals surface area contributed by atoms with Crippen LogP contribution in [0.3, 0.4) is 0 Å². The van der Waals surface area contributed by atoms with Gasteiger partial charge in [0.1, 0.15) is 0 Å². The minimum absolute atomic E-state index is 0. The number of benzene rings is 9. The van der Waals surface area contributed by atoms with Crippen LogP contribution in [0.5, 0.6) is 0 Å². The molecular weight excluding hydrogens is 2070 g/mol. The second-order valence-corrected chi connectivity index (χ2v) is 51.0. The average Bonchev–Trinajstić information content (AvgIpc) is 1.64. The van der Waals surface area contributed by atoms with Gasteiger partial charge in [0.05, 0.1) is 24.2 Å². The molecule has 18 aromatic rings. The number of rotatable bonds is 12. The molecule has 3 saturated carbocycles. The maximum atomic E-state index is 4.52. The molecule has 9 aromatic heterocycles. The normalized spacial score (nSPS) is 13.0. The Balaban J connectivity index is 0.000000123. The number of hydrogen-bond acceptors (Lipinski definition) is 9. The van der Waals surface area contributed by atoms with Gasteiger partial charge in [-0.15, -0.1) is 179 Å². The van der Waals surface area contributed by atoms with E-state index in [1.165, 1.54) is 126 Å². The van der Waals surface area contributed by atoms with Gasteiger partial charge in [-0.2, -0.15) is 34.0 Å². The molecule has 0 amide bonds. The van der Waals surface area contributed by atoms with Crippen molar-refractivity contribution in [3.63, 3.8) is 0 Å². The van der Waals surface area contributed by atoms with Crippen molar-refractivity contribution >= 4 is 134 Å². The zero-order valence-corrected chi connectivity index (χ0v) is 79.7. The van der Waals surface area contributed by atoms with Crippen molar-refractivity contribution in [1.29, 1.82) is 0 Å². The molecule has 3 radical (unpaired) electrons. The van der Waals surface area contributed by atoms with Gasteiger partial charge in [0.15, 0.2) is 0 Å². The van der Waals surface area contributed by atoms with Crippen LogP contribution in [-0.2, 0) is 60.3 Å². The van der Waals surface area contributed by atoms with Gasteiger partial charge in [-0.1, -0.05) is 199 Å². The Labute approximate surface area is 745 Å². The number of hydrogen-bond donors (Lipinski definition) is 0. The van der Waals surface area contributed by atoms with E-state index < -0.39 is 24.2 Å². The molecule has 0 aliphatic heterocycles. The molecule has 0 N–H and O–H groups in total. The van der Waals surface area contributed by atoms with Crippen LogP contribution in [0.4, 0.5) is 0 Å². The van der Waals surface area contributed by atoms with Crippen molar-refractivity contribution < 1.29 is 60.3 Å². The van der Waals surface area contributed by atoms with Gasteiger partial charge in [-0.05, 0) is 174 Å². The van der Waals surface area contributed by atoms with Crippen LogP contribution in [0.15, 0.2) is 292 Å². The van der Waals surface area contributed by atoms with Gasteiger partial charge < -0.3 is 29.9 Å². The molecule has 0 spiro atoms.